The van der Waals surface area contributed by atoms with Gasteiger partial charge in [0.2, 0.25) is 5.91 Å². The van der Waals surface area contributed by atoms with Gasteiger partial charge in [-0.3, -0.25) is 9.59 Å². The number of aromatic amines is 1. The fourth-order valence-corrected chi connectivity index (χ4v) is 6.35. The first kappa shape index (κ1) is 20.6. The molecule has 5 nitrogen and oxygen atoms in total. The zero-order valence-electron chi connectivity index (χ0n) is 18.7. The first-order valence-electron chi connectivity index (χ1n) is 12.0. The number of carbonyl (C=O) groups excluding carboxylic acids is 1. The summed E-state index contributed by atoms with van der Waals surface area (Å²) in [6.07, 6.45) is 9.50. The number of likely N-dealkylation sites (tertiary alicyclic amines) is 1. The molecule has 166 valence electrons. The third kappa shape index (κ3) is 3.56. The minimum Gasteiger partial charge on any atom is -0.481 e. The van der Waals surface area contributed by atoms with Gasteiger partial charge in [-0.25, -0.2) is 0 Å². The second kappa shape index (κ2) is 7.68. The molecule has 5 heteroatoms. The molecule has 0 bridgehead atoms. The van der Waals surface area contributed by atoms with E-state index in [4.69, 9.17) is 0 Å². The number of hydrogen-bond donors (Lipinski definition) is 2. The van der Waals surface area contributed by atoms with Crippen LogP contribution in [0, 0.1) is 11.8 Å². The van der Waals surface area contributed by atoms with Crippen LogP contribution in [0.3, 0.4) is 0 Å². The van der Waals surface area contributed by atoms with E-state index in [-0.39, 0.29) is 35.1 Å². The van der Waals surface area contributed by atoms with E-state index in [1.807, 2.05) is 4.90 Å². The van der Waals surface area contributed by atoms with E-state index in [9.17, 15) is 14.7 Å². The van der Waals surface area contributed by atoms with E-state index in [2.05, 4.69) is 43.2 Å². The van der Waals surface area contributed by atoms with Crippen LogP contribution in [0.25, 0.3) is 10.9 Å². The number of aliphatic carboxylic acids is 1. The van der Waals surface area contributed by atoms with E-state index < -0.39 is 5.97 Å². The van der Waals surface area contributed by atoms with E-state index in [0.29, 0.717) is 6.42 Å². The third-order valence-corrected chi connectivity index (χ3v) is 8.40. The molecule has 0 spiro atoms. The molecule has 1 amide bonds. The molecule has 3 fully saturated rings. The van der Waals surface area contributed by atoms with Gasteiger partial charge in [-0.2, -0.15) is 0 Å². The molecule has 3 aliphatic rings. The van der Waals surface area contributed by atoms with Crippen molar-refractivity contribution in [3.8, 4) is 0 Å². The molecular formula is C26H34N2O3. The number of piperidine rings is 1. The lowest BCUT2D eigenvalue weighted by atomic mass is 9.71. The predicted molar refractivity (Wildman–Crippen MR) is 121 cm³/mol. The molecule has 1 aliphatic heterocycles. The number of aromatic nitrogens is 1. The van der Waals surface area contributed by atoms with Crippen molar-refractivity contribution in [1.82, 2.24) is 9.88 Å². The average Bonchev–Trinajstić information content (AvgIpc) is 3.36. The lowest BCUT2D eigenvalue weighted by Crippen LogP contribution is -2.53. The molecule has 2 aromatic rings. The smallest absolute Gasteiger partial charge is 0.306 e. The van der Waals surface area contributed by atoms with Crippen molar-refractivity contribution in [2.45, 2.75) is 82.6 Å². The Hall–Kier alpha value is -2.30. The Morgan fingerprint density at radius 3 is 2.77 bits per heavy atom. The molecule has 5 rings (SSSR count). The fourth-order valence-electron chi connectivity index (χ4n) is 6.35. The Kier molecular flexibility index (Phi) is 5.10. The quantitative estimate of drug-likeness (QED) is 0.695. The van der Waals surface area contributed by atoms with Gasteiger partial charge in [0.15, 0.2) is 0 Å². The maximum Gasteiger partial charge on any atom is 0.306 e. The normalized spacial score (nSPS) is 28.2. The summed E-state index contributed by atoms with van der Waals surface area (Å²) in [5, 5.41) is 11.0. The van der Waals surface area contributed by atoms with Crippen LogP contribution in [0.4, 0.5) is 0 Å². The predicted octanol–water partition coefficient (Wildman–Crippen LogP) is 5.20. The van der Waals surface area contributed by atoms with Crippen molar-refractivity contribution in [1.29, 1.82) is 0 Å². The van der Waals surface area contributed by atoms with Crippen molar-refractivity contribution in [3.63, 3.8) is 0 Å². The van der Waals surface area contributed by atoms with Crippen LogP contribution in [0.2, 0.25) is 0 Å². The second-order valence-corrected chi connectivity index (χ2v) is 10.5. The Morgan fingerprint density at radius 2 is 2.03 bits per heavy atom. The molecule has 1 saturated heterocycles. The highest BCUT2D eigenvalue weighted by Gasteiger charge is 2.44. The number of amides is 1. The zero-order chi connectivity index (χ0) is 21.8. The highest BCUT2D eigenvalue weighted by atomic mass is 16.4. The number of carboxylic acid groups (broad SMARTS) is 1. The Balaban J connectivity index is 1.37. The fraction of sp³-hybridized carbons (Fsp3) is 0.615. The standard InChI is InChI=1S/C26H34N2O3/c1-16(19-15-27-21-9-4-8-20(24(19)21)26(2)11-12-26)14-23(29)28-13-5-7-17-18(25(30)31)6-3-10-22(17)28/h4,8-9,15-18,22,27H,3,5-7,10-14H2,1-2H3,(H,30,31). The Morgan fingerprint density at radius 1 is 1.23 bits per heavy atom. The third-order valence-electron chi connectivity index (χ3n) is 8.40. The van der Waals surface area contributed by atoms with Crippen molar-refractivity contribution >= 4 is 22.8 Å². The number of carbonyl (C=O) groups is 2. The van der Waals surface area contributed by atoms with Gasteiger partial charge in [0.25, 0.3) is 0 Å². The van der Waals surface area contributed by atoms with Crippen LogP contribution in [-0.4, -0.2) is 39.5 Å². The number of fused-ring (bicyclic) bond motifs is 2. The van der Waals surface area contributed by atoms with E-state index in [1.165, 1.54) is 29.4 Å². The number of rotatable bonds is 5. The van der Waals surface area contributed by atoms with Gasteiger partial charge in [0.05, 0.1) is 5.92 Å². The van der Waals surface area contributed by atoms with Crippen LogP contribution >= 0.6 is 0 Å². The van der Waals surface area contributed by atoms with Crippen LogP contribution in [0.15, 0.2) is 24.4 Å². The number of H-pyrrole nitrogens is 1. The van der Waals surface area contributed by atoms with Crippen LogP contribution in [0.5, 0.6) is 0 Å². The average molecular weight is 423 g/mol. The molecular weight excluding hydrogens is 388 g/mol. The van der Waals surface area contributed by atoms with E-state index in [0.717, 1.165) is 44.2 Å². The summed E-state index contributed by atoms with van der Waals surface area (Å²) in [6, 6.07) is 6.62. The van der Waals surface area contributed by atoms with Gasteiger partial charge in [-0.15, -0.1) is 0 Å². The van der Waals surface area contributed by atoms with Crippen molar-refractivity contribution < 1.29 is 14.7 Å². The number of carboxylic acids is 1. The van der Waals surface area contributed by atoms with Gasteiger partial charge < -0.3 is 15.0 Å². The van der Waals surface area contributed by atoms with E-state index in [1.54, 1.807) is 0 Å². The topological polar surface area (TPSA) is 73.4 Å². The van der Waals surface area contributed by atoms with E-state index >= 15 is 0 Å². The number of nitrogens with zero attached hydrogens (tertiary/aromatic N) is 1. The van der Waals surface area contributed by atoms with Crippen molar-refractivity contribution in [2.75, 3.05) is 6.54 Å². The first-order chi connectivity index (χ1) is 14.9. The molecule has 1 aromatic heterocycles. The van der Waals surface area contributed by atoms with Gasteiger partial charge in [0.1, 0.15) is 0 Å². The number of benzene rings is 1. The first-order valence-corrected chi connectivity index (χ1v) is 12.0. The summed E-state index contributed by atoms with van der Waals surface area (Å²) in [5.74, 6) is -0.532. The number of hydrogen-bond acceptors (Lipinski definition) is 2. The molecule has 2 N–H and O–H groups in total. The molecule has 0 radical (unpaired) electrons. The Labute approximate surface area is 184 Å². The van der Waals surface area contributed by atoms with Crippen LogP contribution in [0.1, 0.15) is 82.3 Å². The minimum absolute atomic E-state index is 0.104. The molecule has 2 saturated carbocycles. The monoisotopic (exact) mass is 422 g/mol. The Bertz CT molecular complexity index is 1010. The molecule has 31 heavy (non-hydrogen) atoms. The maximum atomic E-state index is 13.4. The molecule has 2 aliphatic carbocycles. The molecule has 1 aromatic carbocycles. The van der Waals surface area contributed by atoms with Crippen molar-refractivity contribution in [2.24, 2.45) is 11.8 Å². The molecule has 2 heterocycles. The van der Waals surface area contributed by atoms with Gasteiger partial charge >= 0.3 is 5.97 Å². The van der Waals surface area contributed by atoms with Gasteiger partial charge in [0, 0.05) is 36.1 Å². The lowest BCUT2D eigenvalue weighted by molar-refractivity contribution is -0.152. The molecule has 4 unspecified atom stereocenters. The minimum atomic E-state index is -0.683. The zero-order valence-corrected chi connectivity index (χ0v) is 18.7. The highest BCUT2D eigenvalue weighted by molar-refractivity contribution is 5.89. The van der Waals surface area contributed by atoms with Gasteiger partial charge in [-0.1, -0.05) is 32.4 Å². The largest absolute Gasteiger partial charge is 0.481 e. The summed E-state index contributed by atoms with van der Waals surface area (Å²) in [5.41, 5.74) is 4.09. The maximum absolute atomic E-state index is 13.4. The summed E-state index contributed by atoms with van der Waals surface area (Å²) in [7, 11) is 0. The molecule has 4 atom stereocenters. The summed E-state index contributed by atoms with van der Waals surface area (Å²) < 4.78 is 0. The summed E-state index contributed by atoms with van der Waals surface area (Å²) in [6.45, 7) is 5.27. The second-order valence-electron chi connectivity index (χ2n) is 10.5. The summed E-state index contributed by atoms with van der Waals surface area (Å²) >= 11 is 0. The summed E-state index contributed by atoms with van der Waals surface area (Å²) in [4.78, 5) is 30.7. The number of nitrogens with one attached hydrogen (secondary N) is 1. The van der Waals surface area contributed by atoms with Crippen LogP contribution < -0.4 is 0 Å². The highest BCUT2D eigenvalue weighted by Crippen LogP contribution is 2.51. The van der Waals surface area contributed by atoms with Crippen LogP contribution in [-0.2, 0) is 15.0 Å². The lowest BCUT2D eigenvalue weighted by Gasteiger charge is -2.46. The van der Waals surface area contributed by atoms with Crippen molar-refractivity contribution in [3.05, 3.63) is 35.5 Å². The SMILES string of the molecule is CC(CC(=O)N1CCCC2C(C(=O)O)CCCC21)c1c[nH]c2cccc(C3(C)CC3)c12. The van der Waals surface area contributed by atoms with Gasteiger partial charge in [-0.05, 0) is 73.0 Å².